The molecule has 4 rings (SSSR count). The third-order valence-corrected chi connectivity index (χ3v) is 5.47. The van der Waals surface area contributed by atoms with Gasteiger partial charge in [0.1, 0.15) is 11.6 Å². The number of carbonyl (C=O) groups is 2. The zero-order valence-electron chi connectivity index (χ0n) is 16.0. The van der Waals surface area contributed by atoms with Gasteiger partial charge in [-0.15, -0.1) is 0 Å². The van der Waals surface area contributed by atoms with Crippen molar-refractivity contribution in [3.63, 3.8) is 0 Å². The van der Waals surface area contributed by atoms with Crippen LogP contribution in [0.3, 0.4) is 0 Å². The fourth-order valence-corrected chi connectivity index (χ4v) is 3.74. The highest BCUT2D eigenvalue weighted by Crippen LogP contribution is 2.31. The molecule has 152 valence electrons. The van der Waals surface area contributed by atoms with Crippen molar-refractivity contribution in [3.05, 3.63) is 46.0 Å². The van der Waals surface area contributed by atoms with Gasteiger partial charge >= 0.3 is 0 Å². The molecule has 0 radical (unpaired) electrons. The van der Waals surface area contributed by atoms with E-state index in [4.69, 9.17) is 0 Å². The zero-order chi connectivity index (χ0) is 20.5. The van der Waals surface area contributed by atoms with Crippen LogP contribution in [0, 0.1) is 11.7 Å². The first-order valence-corrected chi connectivity index (χ1v) is 9.66. The molecule has 0 saturated carbocycles. The summed E-state index contributed by atoms with van der Waals surface area (Å²) in [6.07, 6.45) is 1.76. The van der Waals surface area contributed by atoms with Crippen LogP contribution >= 0.6 is 0 Å². The van der Waals surface area contributed by atoms with Crippen LogP contribution in [-0.2, 0) is 9.59 Å². The molecule has 1 atom stereocenters. The minimum Gasteiger partial charge on any atom is -0.342 e. The van der Waals surface area contributed by atoms with Crippen molar-refractivity contribution in [1.82, 2.24) is 9.97 Å². The Bertz CT molecular complexity index is 1010. The fourth-order valence-electron chi connectivity index (χ4n) is 3.74. The van der Waals surface area contributed by atoms with E-state index in [1.54, 1.807) is 6.07 Å². The normalized spacial score (nSPS) is 19.4. The lowest BCUT2D eigenvalue weighted by Gasteiger charge is -2.31. The van der Waals surface area contributed by atoms with Crippen molar-refractivity contribution in [2.45, 2.75) is 32.1 Å². The van der Waals surface area contributed by atoms with Crippen LogP contribution in [0.2, 0.25) is 0 Å². The molecule has 3 heterocycles. The quantitative estimate of drug-likeness (QED) is 0.734. The molecule has 0 spiro atoms. The van der Waals surface area contributed by atoms with Crippen LogP contribution in [0.1, 0.15) is 37.7 Å². The second-order valence-electron chi connectivity index (χ2n) is 7.60. The van der Waals surface area contributed by atoms with E-state index in [1.807, 2.05) is 4.90 Å². The van der Waals surface area contributed by atoms with Crippen molar-refractivity contribution in [2.24, 2.45) is 5.92 Å². The number of hydrogen-bond acceptors (Lipinski definition) is 5. The smallest absolute Gasteiger partial charge is 0.258 e. The molecule has 29 heavy (non-hydrogen) atoms. The maximum atomic E-state index is 13.9. The summed E-state index contributed by atoms with van der Waals surface area (Å²) in [7, 11) is 0. The Labute approximate surface area is 166 Å². The summed E-state index contributed by atoms with van der Waals surface area (Å²) in [6, 6.07) is 5.73. The molecule has 2 aliphatic rings. The van der Waals surface area contributed by atoms with Gasteiger partial charge in [-0.3, -0.25) is 19.4 Å². The highest BCUT2D eigenvalue weighted by molar-refractivity contribution is 6.04. The Hall–Kier alpha value is -3.23. The summed E-state index contributed by atoms with van der Waals surface area (Å²) in [5, 5.41) is 5.06. The second-order valence-corrected chi connectivity index (χ2v) is 7.60. The lowest BCUT2D eigenvalue weighted by molar-refractivity contribution is -0.123. The van der Waals surface area contributed by atoms with Crippen molar-refractivity contribution >= 4 is 29.3 Å². The lowest BCUT2D eigenvalue weighted by atomic mass is 9.92. The number of halogens is 1. The summed E-state index contributed by atoms with van der Waals surface area (Å²) in [4.78, 5) is 46.9. The van der Waals surface area contributed by atoms with Gasteiger partial charge in [-0.25, -0.2) is 4.39 Å². The second kappa shape index (κ2) is 7.65. The van der Waals surface area contributed by atoms with Crippen LogP contribution in [0.4, 0.5) is 21.8 Å². The SMILES string of the molecule is CC1CCN(c2nc3c(c(=O)[nH]2)C(C(=O)Nc2ccccc2F)CC(=O)N3)CC1. The summed E-state index contributed by atoms with van der Waals surface area (Å²) in [5.41, 5.74) is -0.390. The molecule has 9 heteroatoms. The van der Waals surface area contributed by atoms with Crippen LogP contribution in [0.15, 0.2) is 29.1 Å². The lowest BCUT2D eigenvalue weighted by Crippen LogP contribution is -2.39. The third-order valence-electron chi connectivity index (χ3n) is 5.47. The maximum Gasteiger partial charge on any atom is 0.258 e. The number of nitrogens with zero attached hydrogens (tertiary/aromatic N) is 2. The van der Waals surface area contributed by atoms with Crippen molar-refractivity contribution in [2.75, 3.05) is 28.6 Å². The molecule has 1 aromatic heterocycles. The van der Waals surface area contributed by atoms with Crippen molar-refractivity contribution in [1.29, 1.82) is 0 Å². The van der Waals surface area contributed by atoms with Crippen LogP contribution in [0.5, 0.6) is 0 Å². The van der Waals surface area contributed by atoms with Crippen LogP contribution < -0.4 is 21.1 Å². The van der Waals surface area contributed by atoms with Gasteiger partial charge in [0.15, 0.2) is 0 Å². The molecule has 1 fully saturated rings. The first-order valence-electron chi connectivity index (χ1n) is 9.66. The number of anilines is 3. The number of H-pyrrole nitrogens is 1. The van der Waals surface area contributed by atoms with Gasteiger partial charge in [-0.05, 0) is 30.9 Å². The van der Waals surface area contributed by atoms with Crippen LogP contribution in [-0.4, -0.2) is 34.9 Å². The van der Waals surface area contributed by atoms with E-state index in [1.165, 1.54) is 18.2 Å². The molecule has 1 saturated heterocycles. The topological polar surface area (TPSA) is 107 Å². The molecule has 2 amide bonds. The van der Waals surface area contributed by atoms with Crippen molar-refractivity contribution < 1.29 is 14.0 Å². The Kier molecular flexibility index (Phi) is 5.04. The number of benzene rings is 1. The number of amides is 2. The van der Waals surface area contributed by atoms with Gasteiger partial charge in [0.25, 0.3) is 5.56 Å². The minimum atomic E-state index is -1.05. The molecule has 8 nitrogen and oxygen atoms in total. The number of para-hydroxylation sites is 1. The molecular formula is C20H22FN5O3. The Morgan fingerprint density at radius 3 is 2.69 bits per heavy atom. The van der Waals surface area contributed by atoms with Crippen molar-refractivity contribution in [3.8, 4) is 0 Å². The standard InChI is InChI=1S/C20H22FN5O3/c1-11-6-8-26(9-7-11)20-24-17-16(19(29)25-20)12(10-15(27)23-17)18(28)22-14-5-3-2-4-13(14)21/h2-5,11-12H,6-10H2,1H3,(H,22,28)(H2,23,24,25,27,29). The van der Waals surface area contributed by atoms with Gasteiger partial charge in [0, 0.05) is 19.5 Å². The predicted octanol–water partition coefficient (Wildman–Crippen LogP) is 2.21. The Morgan fingerprint density at radius 2 is 1.97 bits per heavy atom. The van der Waals surface area contributed by atoms with Gasteiger partial charge in [0.2, 0.25) is 17.8 Å². The van der Waals surface area contributed by atoms with E-state index < -0.39 is 29.1 Å². The number of piperidine rings is 1. The van der Waals surface area contributed by atoms with Gasteiger partial charge in [-0.2, -0.15) is 4.98 Å². The predicted molar refractivity (Wildman–Crippen MR) is 106 cm³/mol. The number of hydrogen-bond donors (Lipinski definition) is 3. The monoisotopic (exact) mass is 399 g/mol. The van der Waals surface area contributed by atoms with E-state index in [0.717, 1.165) is 25.9 Å². The maximum absolute atomic E-state index is 13.9. The molecule has 1 aromatic carbocycles. The third kappa shape index (κ3) is 3.85. The molecule has 2 aromatic rings. The number of rotatable bonds is 3. The summed E-state index contributed by atoms with van der Waals surface area (Å²) in [5.74, 6) is -1.60. The van der Waals surface area contributed by atoms with E-state index in [2.05, 4.69) is 27.5 Å². The average molecular weight is 399 g/mol. The first kappa shape index (κ1) is 19.1. The first-order chi connectivity index (χ1) is 13.9. The molecule has 0 aliphatic carbocycles. The Balaban J connectivity index is 1.64. The van der Waals surface area contributed by atoms with Gasteiger partial charge in [-0.1, -0.05) is 19.1 Å². The average Bonchev–Trinajstić information content (AvgIpc) is 2.69. The van der Waals surface area contributed by atoms with E-state index in [-0.39, 0.29) is 23.5 Å². The highest BCUT2D eigenvalue weighted by atomic mass is 19.1. The number of carbonyl (C=O) groups excluding carboxylic acids is 2. The fraction of sp³-hybridized carbons (Fsp3) is 0.400. The number of aromatic nitrogens is 2. The zero-order valence-corrected chi connectivity index (χ0v) is 16.0. The summed E-state index contributed by atoms with van der Waals surface area (Å²) < 4.78 is 13.9. The van der Waals surface area contributed by atoms with E-state index >= 15 is 0 Å². The molecular weight excluding hydrogens is 377 g/mol. The Morgan fingerprint density at radius 1 is 1.24 bits per heavy atom. The van der Waals surface area contributed by atoms with E-state index in [9.17, 15) is 18.8 Å². The van der Waals surface area contributed by atoms with Gasteiger partial charge < -0.3 is 15.5 Å². The number of nitrogens with one attached hydrogen (secondary N) is 3. The summed E-state index contributed by atoms with van der Waals surface area (Å²) >= 11 is 0. The largest absolute Gasteiger partial charge is 0.342 e. The molecule has 3 N–H and O–H groups in total. The van der Waals surface area contributed by atoms with Gasteiger partial charge in [0.05, 0.1) is 17.2 Å². The molecule has 0 bridgehead atoms. The molecule has 1 unspecified atom stereocenters. The highest BCUT2D eigenvalue weighted by Gasteiger charge is 2.35. The minimum absolute atomic E-state index is 0.00604. The van der Waals surface area contributed by atoms with E-state index in [0.29, 0.717) is 11.9 Å². The number of aromatic amines is 1. The number of fused-ring (bicyclic) bond motifs is 1. The summed E-state index contributed by atoms with van der Waals surface area (Å²) in [6.45, 7) is 3.70. The molecule has 2 aliphatic heterocycles. The van der Waals surface area contributed by atoms with Crippen LogP contribution in [0.25, 0.3) is 0 Å².